The minimum atomic E-state index is -0.192. The highest BCUT2D eigenvalue weighted by molar-refractivity contribution is 5.97. The van der Waals surface area contributed by atoms with Crippen molar-refractivity contribution < 1.29 is 4.79 Å². The average Bonchev–Trinajstić information content (AvgIpc) is 2.31. The van der Waals surface area contributed by atoms with Crippen molar-refractivity contribution in [3.05, 3.63) is 24.0 Å². The van der Waals surface area contributed by atoms with Gasteiger partial charge < -0.3 is 11.1 Å². The zero-order valence-corrected chi connectivity index (χ0v) is 10.7. The van der Waals surface area contributed by atoms with Crippen LogP contribution in [0.5, 0.6) is 0 Å². The van der Waals surface area contributed by atoms with Crippen LogP contribution < -0.4 is 11.1 Å². The molecule has 0 spiro atoms. The molecule has 4 heteroatoms. The summed E-state index contributed by atoms with van der Waals surface area (Å²) in [6.07, 6.45) is 3.68. The van der Waals surface area contributed by atoms with Crippen LogP contribution in [0.4, 0.5) is 5.69 Å². The maximum absolute atomic E-state index is 12.0. The van der Waals surface area contributed by atoms with E-state index in [0.717, 1.165) is 12.8 Å². The van der Waals surface area contributed by atoms with Crippen molar-refractivity contribution in [2.24, 2.45) is 5.92 Å². The second kappa shape index (κ2) is 6.23. The molecule has 0 fully saturated rings. The second-order valence-electron chi connectivity index (χ2n) is 4.28. The van der Waals surface area contributed by atoms with Crippen LogP contribution in [-0.2, 0) is 0 Å². The van der Waals surface area contributed by atoms with Crippen LogP contribution in [-0.4, -0.2) is 16.9 Å². The van der Waals surface area contributed by atoms with Crippen molar-refractivity contribution in [2.45, 2.75) is 39.7 Å². The van der Waals surface area contributed by atoms with Crippen LogP contribution >= 0.6 is 0 Å². The number of hydrogen-bond acceptors (Lipinski definition) is 3. The number of rotatable bonds is 5. The molecule has 0 aliphatic rings. The van der Waals surface area contributed by atoms with Gasteiger partial charge in [0.2, 0.25) is 0 Å². The maximum Gasteiger partial charge on any atom is 0.272 e. The zero-order chi connectivity index (χ0) is 12.8. The van der Waals surface area contributed by atoms with E-state index in [-0.39, 0.29) is 11.9 Å². The van der Waals surface area contributed by atoms with Crippen LogP contribution in [0.1, 0.15) is 44.1 Å². The number of amides is 1. The van der Waals surface area contributed by atoms with Gasteiger partial charge in [-0.1, -0.05) is 26.7 Å². The van der Waals surface area contributed by atoms with Crippen LogP contribution in [0, 0.1) is 5.92 Å². The molecule has 1 aromatic rings. The summed E-state index contributed by atoms with van der Waals surface area (Å²) in [5, 5.41) is 2.96. The number of nitrogens with two attached hydrogens (primary N) is 1. The molecule has 0 radical (unpaired) electrons. The van der Waals surface area contributed by atoms with Gasteiger partial charge in [0.15, 0.2) is 5.69 Å². The molecule has 1 amide bonds. The first-order valence-corrected chi connectivity index (χ1v) is 6.11. The molecule has 4 nitrogen and oxygen atoms in total. The van der Waals surface area contributed by atoms with Crippen molar-refractivity contribution in [1.82, 2.24) is 10.3 Å². The maximum atomic E-state index is 12.0. The van der Waals surface area contributed by atoms with Crippen LogP contribution in [0.2, 0.25) is 0 Å². The monoisotopic (exact) mass is 235 g/mol. The third-order valence-electron chi connectivity index (χ3n) is 3.17. The van der Waals surface area contributed by atoms with Crippen molar-refractivity contribution in [2.75, 3.05) is 5.73 Å². The third kappa shape index (κ3) is 3.44. The van der Waals surface area contributed by atoms with E-state index in [1.54, 1.807) is 18.3 Å². The first-order chi connectivity index (χ1) is 8.10. The molecule has 1 aromatic heterocycles. The number of carbonyl (C=O) groups is 1. The molecular formula is C13H21N3O. The number of pyridine rings is 1. The number of nitrogens with zero attached hydrogens (tertiary/aromatic N) is 1. The number of anilines is 1. The van der Waals surface area contributed by atoms with Gasteiger partial charge in [-0.15, -0.1) is 0 Å². The fourth-order valence-corrected chi connectivity index (χ4v) is 2.00. The first-order valence-electron chi connectivity index (χ1n) is 6.11. The van der Waals surface area contributed by atoms with E-state index in [0.29, 0.717) is 17.3 Å². The van der Waals surface area contributed by atoms with Crippen molar-refractivity contribution in [3.8, 4) is 0 Å². The lowest BCUT2D eigenvalue weighted by Gasteiger charge is -2.22. The smallest absolute Gasteiger partial charge is 0.272 e. The number of nitrogen functional groups attached to an aromatic ring is 1. The summed E-state index contributed by atoms with van der Waals surface area (Å²) in [6.45, 7) is 6.28. The molecule has 17 heavy (non-hydrogen) atoms. The number of nitrogens with one attached hydrogen (secondary N) is 1. The Balaban J connectivity index is 2.70. The molecule has 1 atom stereocenters. The molecule has 0 saturated carbocycles. The highest BCUT2D eigenvalue weighted by atomic mass is 16.1. The Morgan fingerprint density at radius 1 is 1.47 bits per heavy atom. The molecule has 0 bridgehead atoms. The fourth-order valence-electron chi connectivity index (χ4n) is 2.00. The van der Waals surface area contributed by atoms with Gasteiger partial charge in [0, 0.05) is 12.2 Å². The van der Waals surface area contributed by atoms with E-state index in [2.05, 4.69) is 24.1 Å². The van der Waals surface area contributed by atoms with Gasteiger partial charge in [0.05, 0.1) is 5.69 Å². The van der Waals surface area contributed by atoms with Crippen molar-refractivity contribution >= 4 is 11.6 Å². The highest BCUT2D eigenvalue weighted by Crippen LogP contribution is 2.14. The van der Waals surface area contributed by atoms with Gasteiger partial charge in [0.1, 0.15) is 0 Å². The summed E-state index contributed by atoms with van der Waals surface area (Å²) in [6, 6.07) is 3.54. The predicted octanol–water partition coefficient (Wildman–Crippen LogP) is 2.22. The lowest BCUT2D eigenvalue weighted by atomic mass is 9.95. The quantitative estimate of drug-likeness (QED) is 0.822. The Kier molecular flexibility index (Phi) is 4.94. The minimum Gasteiger partial charge on any atom is -0.397 e. The summed E-state index contributed by atoms with van der Waals surface area (Å²) in [5.41, 5.74) is 6.44. The third-order valence-corrected chi connectivity index (χ3v) is 3.17. The molecule has 0 saturated heterocycles. The summed E-state index contributed by atoms with van der Waals surface area (Å²) < 4.78 is 0. The first kappa shape index (κ1) is 13.5. The van der Waals surface area contributed by atoms with Gasteiger partial charge >= 0.3 is 0 Å². The van der Waals surface area contributed by atoms with Gasteiger partial charge in [-0.3, -0.25) is 4.79 Å². The Labute approximate surface area is 103 Å². The zero-order valence-electron chi connectivity index (χ0n) is 10.7. The Morgan fingerprint density at radius 3 is 2.65 bits per heavy atom. The van der Waals surface area contributed by atoms with E-state index >= 15 is 0 Å². The van der Waals surface area contributed by atoms with Crippen LogP contribution in [0.15, 0.2) is 18.3 Å². The van der Waals surface area contributed by atoms with E-state index in [9.17, 15) is 4.79 Å². The number of carbonyl (C=O) groups excluding carboxylic acids is 1. The SMILES string of the molecule is CCC(CC)C(C)NC(=O)c1ncccc1N. The lowest BCUT2D eigenvalue weighted by molar-refractivity contribution is 0.0921. The van der Waals surface area contributed by atoms with Crippen LogP contribution in [0.25, 0.3) is 0 Å². The molecule has 1 heterocycles. The normalized spacial score (nSPS) is 12.5. The number of aromatic nitrogens is 1. The standard InChI is InChI=1S/C13H21N3O/c1-4-10(5-2)9(3)16-13(17)12-11(14)7-6-8-15-12/h6-10H,4-5,14H2,1-3H3,(H,16,17). The molecule has 1 unspecified atom stereocenters. The van der Waals surface area contributed by atoms with Gasteiger partial charge in [-0.2, -0.15) is 0 Å². The summed E-state index contributed by atoms with van der Waals surface area (Å²) in [4.78, 5) is 16.0. The highest BCUT2D eigenvalue weighted by Gasteiger charge is 2.18. The molecule has 0 aliphatic heterocycles. The fraction of sp³-hybridized carbons (Fsp3) is 0.538. The molecule has 1 rings (SSSR count). The predicted molar refractivity (Wildman–Crippen MR) is 69.6 cm³/mol. The Morgan fingerprint density at radius 2 is 2.12 bits per heavy atom. The molecule has 3 N–H and O–H groups in total. The minimum absolute atomic E-state index is 0.138. The molecular weight excluding hydrogens is 214 g/mol. The van der Waals surface area contributed by atoms with Gasteiger partial charge in [-0.05, 0) is 25.0 Å². The second-order valence-corrected chi connectivity index (χ2v) is 4.28. The molecule has 0 aliphatic carbocycles. The van der Waals surface area contributed by atoms with E-state index in [4.69, 9.17) is 5.73 Å². The topological polar surface area (TPSA) is 68.0 Å². The lowest BCUT2D eigenvalue weighted by Crippen LogP contribution is -2.38. The van der Waals surface area contributed by atoms with Crippen molar-refractivity contribution in [3.63, 3.8) is 0 Å². The average molecular weight is 235 g/mol. The molecule has 94 valence electrons. The van der Waals surface area contributed by atoms with E-state index in [1.807, 2.05) is 6.92 Å². The van der Waals surface area contributed by atoms with Gasteiger partial charge in [-0.25, -0.2) is 4.98 Å². The largest absolute Gasteiger partial charge is 0.397 e. The summed E-state index contributed by atoms with van der Waals surface area (Å²) >= 11 is 0. The molecule has 0 aromatic carbocycles. The summed E-state index contributed by atoms with van der Waals surface area (Å²) in [5.74, 6) is 0.298. The van der Waals surface area contributed by atoms with Crippen LogP contribution in [0.3, 0.4) is 0 Å². The Bertz CT molecular complexity index is 375. The van der Waals surface area contributed by atoms with E-state index in [1.165, 1.54) is 0 Å². The van der Waals surface area contributed by atoms with Crippen molar-refractivity contribution in [1.29, 1.82) is 0 Å². The number of hydrogen-bond donors (Lipinski definition) is 2. The van der Waals surface area contributed by atoms with E-state index < -0.39 is 0 Å². The summed E-state index contributed by atoms with van der Waals surface area (Å²) in [7, 11) is 0. The van der Waals surface area contributed by atoms with Gasteiger partial charge in [0.25, 0.3) is 5.91 Å². The Hall–Kier alpha value is -1.58.